The molecule has 0 radical (unpaired) electrons. The third kappa shape index (κ3) is 5.74. The van der Waals surface area contributed by atoms with Crippen LogP contribution in [-0.4, -0.2) is 37.2 Å². The van der Waals surface area contributed by atoms with Gasteiger partial charge in [-0.3, -0.25) is 0 Å². The van der Waals surface area contributed by atoms with Crippen LogP contribution < -0.4 is 0 Å². The highest BCUT2D eigenvalue weighted by Gasteiger charge is 2.38. The first-order valence-corrected chi connectivity index (χ1v) is 8.24. The van der Waals surface area contributed by atoms with Crippen molar-refractivity contribution in [2.45, 2.75) is 12.8 Å². The standard InChI is InChI=1S/C20H18F3NO5/c1-27-12-17(19(26)28-2)16-9-4-3-6-14(16)11-29-24-18(20(21,22)23)13-7-5-8-15(25)10-13/h3-10,12,25H,11H2,1-2H3/b17-12+,24-18?. The van der Waals surface area contributed by atoms with Crippen LogP contribution >= 0.6 is 0 Å². The summed E-state index contributed by atoms with van der Waals surface area (Å²) in [5.41, 5.74) is -0.821. The highest BCUT2D eigenvalue weighted by molar-refractivity contribution is 6.16. The quantitative estimate of drug-likeness (QED) is 0.246. The third-order valence-electron chi connectivity index (χ3n) is 3.71. The van der Waals surface area contributed by atoms with Crippen LogP contribution in [0, 0.1) is 0 Å². The number of aromatic hydroxyl groups is 1. The second-order valence-electron chi connectivity index (χ2n) is 5.68. The number of phenolic OH excluding ortho intramolecular Hbond substituents is 1. The fourth-order valence-corrected chi connectivity index (χ4v) is 2.45. The number of carbonyl (C=O) groups is 1. The Morgan fingerprint density at radius 1 is 1.14 bits per heavy atom. The van der Waals surface area contributed by atoms with Crippen molar-refractivity contribution in [3.05, 3.63) is 71.5 Å². The van der Waals surface area contributed by atoms with Gasteiger partial charge in [0.2, 0.25) is 0 Å². The molecule has 9 heteroatoms. The molecule has 0 aliphatic rings. The van der Waals surface area contributed by atoms with E-state index in [1.54, 1.807) is 24.3 Å². The molecule has 0 aliphatic carbocycles. The normalized spacial score (nSPS) is 12.4. The van der Waals surface area contributed by atoms with Gasteiger partial charge in [0.15, 0.2) is 5.71 Å². The fourth-order valence-electron chi connectivity index (χ4n) is 2.45. The Hall–Kier alpha value is -3.49. The smallest absolute Gasteiger partial charge is 0.437 e. The van der Waals surface area contributed by atoms with Gasteiger partial charge in [0.25, 0.3) is 0 Å². The van der Waals surface area contributed by atoms with E-state index in [9.17, 15) is 23.1 Å². The minimum Gasteiger partial charge on any atom is -0.508 e. The number of rotatable bonds is 7. The van der Waals surface area contributed by atoms with Crippen LogP contribution in [0.5, 0.6) is 5.75 Å². The fraction of sp³-hybridized carbons (Fsp3) is 0.200. The van der Waals surface area contributed by atoms with E-state index in [0.29, 0.717) is 11.1 Å². The zero-order valence-electron chi connectivity index (χ0n) is 15.6. The van der Waals surface area contributed by atoms with Crippen molar-refractivity contribution in [1.29, 1.82) is 0 Å². The Morgan fingerprint density at radius 2 is 1.86 bits per heavy atom. The first-order valence-electron chi connectivity index (χ1n) is 8.24. The van der Waals surface area contributed by atoms with Crippen molar-refractivity contribution in [2.75, 3.05) is 14.2 Å². The molecule has 1 N–H and O–H groups in total. The van der Waals surface area contributed by atoms with Crippen LogP contribution in [0.1, 0.15) is 16.7 Å². The highest BCUT2D eigenvalue weighted by Crippen LogP contribution is 2.26. The summed E-state index contributed by atoms with van der Waals surface area (Å²) in [6.07, 6.45) is -3.64. The van der Waals surface area contributed by atoms with Gasteiger partial charge < -0.3 is 19.4 Å². The van der Waals surface area contributed by atoms with E-state index in [-0.39, 0.29) is 23.5 Å². The molecule has 6 nitrogen and oxygen atoms in total. The first-order chi connectivity index (χ1) is 13.8. The molecule has 2 aromatic rings. The average molecular weight is 409 g/mol. The number of alkyl halides is 3. The lowest BCUT2D eigenvalue weighted by Crippen LogP contribution is -2.24. The Labute approximate surface area is 164 Å². The number of ether oxygens (including phenoxy) is 2. The molecule has 0 amide bonds. The maximum absolute atomic E-state index is 13.3. The van der Waals surface area contributed by atoms with E-state index in [1.165, 1.54) is 32.6 Å². The van der Waals surface area contributed by atoms with Crippen molar-refractivity contribution in [3.8, 4) is 5.75 Å². The summed E-state index contributed by atoms with van der Waals surface area (Å²) in [7, 11) is 2.54. The minimum absolute atomic E-state index is 0.0715. The second-order valence-corrected chi connectivity index (χ2v) is 5.68. The maximum Gasteiger partial charge on any atom is 0.437 e. The molecule has 0 bridgehead atoms. The van der Waals surface area contributed by atoms with E-state index in [0.717, 1.165) is 12.1 Å². The van der Waals surface area contributed by atoms with Crippen LogP contribution in [0.15, 0.2) is 59.9 Å². The SMILES string of the molecule is CO/C=C(/C(=O)OC)c1ccccc1CON=C(c1cccc(O)c1)C(F)(F)F. The van der Waals surface area contributed by atoms with Crippen LogP contribution in [0.25, 0.3) is 5.57 Å². The first kappa shape index (κ1) is 21.8. The molecule has 2 rings (SSSR count). The number of benzene rings is 2. The summed E-state index contributed by atoms with van der Waals surface area (Å²) >= 11 is 0. The van der Waals surface area contributed by atoms with Gasteiger partial charge in [-0.2, -0.15) is 13.2 Å². The molecule has 0 saturated carbocycles. The number of methoxy groups -OCH3 is 2. The molecule has 2 aromatic carbocycles. The monoisotopic (exact) mass is 409 g/mol. The average Bonchev–Trinajstić information content (AvgIpc) is 2.68. The summed E-state index contributed by atoms with van der Waals surface area (Å²) in [5, 5.41) is 12.7. The predicted octanol–water partition coefficient (Wildman–Crippen LogP) is 4.04. The van der Waals surface area contributed by atoms with Crippen LogP contribution in [-0.2, 0) is 25.7 Å². The molecule has 0 fully saturated rings. The van der Waals surface area contributed by atoms with E-state index in [2.05, 4.69) is 5.16 Å². The molecule has 0 unspecified atom stereocenters. The Morgan fingerprint density at radius 3 is 2.48 bits per heavy atom. The van der Waals surface area contributed by atoms with E-state index >= 15 is 0 Å². The van der Waals surface area contributed by atoms with E-state index < -0.39 is 17.9 Å². The summed E-state index contributed by atoms with van der Waals surface area (Å²) in [6, 6.07) is 11.0. The molecule has 29 heavy (non-hydrogen) atoms. The van der Waals surface area contributed by atoms with Crippen molar-refractivity contribution >= 4 is 17.3 Å². The van der Waals surface area contributed by atoms with Crippen LogP contribution in [0.3, 0.4) is 0 Å². The second kappa shape index (κ2) is 9.63. The van der Waals surface area contributed by atoms with Crippen molar-refractivity contribution in [3.63, 3.8) is 0 Å². The topological polar surface area (TPSA) is 77.4 Å². The van der Waals surface area contributed by atoms with Gasteiger partial charge in [-0.15, -0.1) is 0 Å². The number of hydrogen-bond acceptors (Lipinski definition) is 6. The zero-order valence-corrected chi connectivity index (χ0v) is 15.6. The van der Waals surface area contributed by atoms with Crippen molar-refractivity contribution < 1.29 is 37.4 Å². The Balaban J connectivity index is 2.33. The zero-order chi connectivity index (χ0) is 21.4. The number of nitrogens with zero attached hydrogens (tertiary/aromatic N) is 1. The molecule has 154 valence electrons. The number of phenols is 1. The lowest BCUT2D eigenvalue weighted by molar-refractivity contribution is -0.133. The molecule has 0 heterocycles. The highest BCUT2D eigenvalue weighted by atomic mass is 19.4. The molecule has 0 atom stereocenters. The summed E-state index contributed by atoms with van der Waals surface area (Å²) in [6.45, 7) is -0.355. The maximum atomic E-state index is 13.3. The number of esters is 1. The predicted molar refractivity (Wildman–Crippen MR) is 98.9 cm³/mol. The lowest BCUT2D eigenvalue weighted by atomic mass is 10.0. The number of carbonyl (C=O) groups excluding carboxylic acids is 1. The molecular formula is C20H18F3NO5. The minimum atomic E-state index is -4.81. The largest absolute Gasteiger partial charge is 0.508 e. The summed E-state index contributed by atoms with van der Waals surface area (Å²) in [4.78, 5) is 16.9. The van der Waals surface area contributed by atoms with Crippen LogP contribution in [0.2, 0.25) is 0 Å². The van der Waals surface area contributed by atoms with Gasteiger partial charge in [0.05, 0.1) is 20.5 Å². The Kier molecular flexibility index (Phi) is 7.24. The number of halogens is 3. The lowest BCUT2D eigenvalue weighted by Gasteiger charge is -2.13. The molecule has 0 aromatic heterocycles. The van der Waals surface area contributed by atoms with Gasteiger partial charge >= 0.3 is 12.1 Å². The van der Waals surface area contributed by atoms with Gasteiger partial charge in [-0.1, -0.05) is 41.6 Å². The summed E-state index contributed by atoms with van der Waals surface area (Å²) in [5.74, 6) is -1.02. The van der Waals surface area contributed by atoms with Gasteiger partial charge in [0.1, 0.15) is 17.9 Å². The van der Waals surface area contributed by atoms with Gasteiger partial charge in [0, 0.05) is 11.1 Å². The van der Waals surface area contributed by atoms with E-state index in [1.807, 2.05) is 0 Å². The molecule has 0 saturated heterocycles. The number of hydrogen-bond donors (Lipinski definition) is 1. The van der Waals surface area contributed by atoms with Crippen molar-refractivity contribution in [2.24, 2.45) is 5.16 Å². The molecule has 0 spiro atoms. The number of oxime groups is 1. The van der Waals surface area contributed by atoms with Gasteiger partial charge in [-0.05, 0) is 17.7 Å². The van der Waals surface area contributed by atoms with Crippen molar-refractivity contribution in [1.82, 2.24) is 0 Å². The summed E-state index contributed by atoms with van der Waals surface area (Å²) < 4.78 is 49.6. The molecule has 0 aliphatic heterocycles. The van der Waals surface area contributed by atoms with Gasteiger partial charge in [-0.25, -0.2) is 4.79 Å². The Bertz CT molecular complexity index is 922. The third-order valence-corrected chi connectivity index (χ3v) is 3.71. The van der Waals surface area contributed by atoms with Crippen LogP contribution in [0.4, 0.5) is 13.2 Å². The molecular weight excluding hydrogens is 391 g/mol. The van der Waals surface area contributed by atoms with E-state index in [4.69, 9.17) is 14.3 Å².